The van der Waals surface area contributed by atoms with Gasteiger partial charge < -0.3 is 5.11 Å². The van der Waals surface area contributed by atoms with Crippen molar-refractivity contribution in [1.29, 1.82) is 0 Å². The summed E-state index contributed by atoms with van der Waals surface area (Å²) in [6.07, 6.45) is 5.86. The lowest BCUT2D eigenvalue weighted by molar-refractivity contribution is 0.0696. The second-order valence-corrected chi connectivity index (χ2v) is 6.34. The second-order valence-electron chi connectivity index (χ2n) is 5.06. The van der Waals surface area contributed by atoms with E-state index >= 15 is 0 Å². The largest absolute Gasteiger partial charge is 0.478 e. The molecule has 0 heterocycles. The van der Waals surface area contributed by atoms with E-state index in [0.717, 1.165) is 12.8 Å². The van der Waals surface area contributed by atoms with Crippen molar-refractivity contribution in [2.24, 2.45) is 5.92 Å². The van der Waals surface area contributed by atoms with Crippen LogP contribution in [0.15, 0.2) is 23.1 Å². The number of carboxylic acids is 1. The van der Waals surface area contributed by atoms with Gasteiger partial charge in [0.15, 0.2) is 0 Å². The Kier molecular flexibility index (Phi) is 4.86. The minimum Gasteiger partial charge on any atom is -0.478 e. The molecule has 1 aliphatic carbocycles. The molecule has 4 heteroatoms. The van der Waals surface area contributed by atoms with Crippen LogP contribution in [0.25, 0.3) is 0 Å². The Bertz CT molecular complexity index is 461. The van der Waals surface area contributed by atoms with Crippen molar-refractivity contribution in [3.8, 4) is 0 Å². The van der Waals surface area contributed by atoms with Crippen molar-refractivity contribution < 1.29 is 14.3 Å². The van der Waals surface area contributed by atoms with Gasteiger partial charge in [-0.3, -0.25) is 0 Å². The SMILES string of the molecule is CCC1CCCCC1Sc1cc(C(=O)O)ccc1F. The number of hydrogen-bond acceptors (Lipinski definition) is 2. The summed E-state index contributed by atoms with van der Waals surface area (Å²) in [6, 6.07) is 4.04. The van der Waals surface area contributed by atoms with Gasteiger partial charge in [0.25, 0.3) is 0 Å². The van der Waals surface area contributed by atoms with Crippen LogP contribution < -0.4 is 0 Å². The van der Waals surface area contributed by atoms with Crippen LogP contribution in [0.3, 0.4) is 0 Å². The van der Waals surface area contributed by atoms with E-state index in [1.54, 1.807) is 0 Å². The molecule has 0 amide bonds. The summed E-state index contributed by atoms with van der Waals surface area (Å²) in [5.41, 5.74) is 0.160. The van der Waals surface area contributed by atoms with Crippen LogP contribution in [0.4, 0.5) is 4.39 Å². The Morgan fingerprint density at radius 2 is 2.16 bits per heavy atom. The Balaban J connectivity index is 2.17. The number of rotatable bonds is 4. The van der Waals surface area contributed by atoms with E-state index in [2.05, 4.69) is 6.92 Å². The highest BCUT2D eigenvalue weighted by Gasteiger charge is 2.25. The second kappa shape index (κ2) is 6.42. The van der Waals surface area contributed by atoms with Gasteiger partial charge in [-0.2, -0.15) is 0 Å². The highest BCUT2D eigenvalue weighted by atomic mass is 32.2. The molecule has 2 atom stereocenters. The Morgan fingerprint density at radius 1 is 1.42 bits per heavy atom. The summed E-state index contributed by atoms with van der Waals surface area (Å²) in [4.78, 5) is 11.4. The molecule has 2 rings (SSSR count). The molecule has 1 aromatic rings. The summed E-state index contributed by atoms with van der Waals surface area (Å²) < 4.78 is 13.8. The van der Waals surface area contributed by atoms with E-state index in [4.69, 9.17) is 5.11 Å². The maximum Gasteiger partial charge on any atom is 0.335 e. The first-order chi connectivity index (χ1) is 9.11. The summed E-state index contributed by atoms with van der Waals surface area (Å²) in [5, 5.41) is 9.39. The normalized spacial score (nSPS) is 23.3. The molecule has 0 aromatic heterocycles. The molecule has 1 saturated carbocycles. The van der Waals surface area contributed by atoms with Crippen molar-refractivity contribution >= 4 is 17.7 Å². The molecule has 0 radical (unpaired) electrons. The van der Waals surface area contributed by atoms with Crippen LogP contribution in [0.1, 0.15) is 49.4 Å². The van der Waals surface area contributed by atoms with Gasteiger partial charge in [0, 0.05) is 10.1 Å². The zero-order valence-corrected chi connectivity index (χ0v) is 11.9. The lowest BCUT2D eigenvalue weighted by atomic mass is 9.87. The van der Waals surface area contributed by atoms with E-state index in [9.17, 15) is 9.18 Å². The van der Waals surface area contributed by atoms with Gasteiger partial charge in [-0.25, -0.2) is 9.18 Å². The van der Waals surface area contributed by atoms with Crippen molar-refractivity contribution in [3.05, 3.63) is 29.6 Å². The third-order valence-electron chi connectivity index (χ3n) is 3.82. The monoisotopic (exact) mass is 282 g/mol. The highest BCUT2D eigenvalue weighted by molar-refractivity contribution is 8.00. The Hall–Kier alpha value is -1.03. The third kappa shape index (κ3) is 3.50. The maximum atomic E-state index is 13.8. The first-order valence-corrected chi connectivity index (χ1v) is 7.69. The minimum atomic E-state index is -1.00. The van der Waals surface area contributed by atoms with Crippen molar-refractivity contribution in [3.63, 3.8) is 0 Å². The number of hydrogen-bond donors (Lipinski definition) is 1. The van der Waals surface area contributed by atoms with Gasteiger partial charge in [-0.15, -0.1) is 11.8 Å². The lowest BCUT2D eigenvalue weighted by Crippen LogP contribution is -2.21. The molecule has 1 N–H and O–H groups in total. The van der Waals surface area contributed by atoms with Crippen molar-refractivity contribution in [1.82, 2.24) is 0 Å². The Labute approximate surface area is 117 Å². The maximum absolute atomic E-state index is 13.8. The summed E-state index contributed by atoms with van der Waals surface area (Å²) in [7, 11) is 0. The quantitative estimate of drug-likeness (QED) is 0.878. The molecular weight excluding hydrogens is 263 g/mol. The predicted molar refractivity (Wildman–Crippen MR) is 75.3 cm³/mol. The average Bonchev–Trinajstić information content (AvgIpc) is 2.41. The topological polar surface area (TPSA) is 37.3 Å². The third-order valence-corrected chi connectivity index (χ3v) is 5.31. The zero-order chi connectivity index (χ0) is 13.8. The molecule has 0 aliphatic heterocycles. The molecule has 2 nitrogen and oxygen atoms in total. The summed E-state index contributed by atoms with van der Waals surface area (Å²) >= 11 is 1.52. The molecule has 104 valence electrons. The minimum absolute atomic E-state index is 0.160. The van der Waals surface area contributed by atoms with Crippen LogP contribution in [-0.2, 0) is 0 Å². The number of aromatic carboxylic acids is 1. The fraction of sp³-hybridized carbons (Fsp3) is 0.533. The van der Waals surface area contributed by atoms with Crippen LogP contribution in [0.5, 0.6) is 0 Å². The van der Waals surface area contributed by atoms with Gasteiger partial charge in [-0.1, -0.05) is 26.2 Å². The number of halogens is 1. The van der Waals surface area contributed by atoms with E-state index < -0.39 is 5.97 Å². The first kappa shape index (κ1) is 14.4. The number of carbonyl (C=O) groups is 1. The average molecular weight is 282 g/mol. The lowest BCUT2D eigenvalue weighted by Gasteiger charge is -2.30. The number of thioether (sulfide) groups is 1. The molecule has 1 aromatic carbocycles. The van der Waals surface area contributed by atoms with Crippen molar-refractivity contribution in [2.75, 3.05) is 0 Å². The molecule has 0 bridgehead atoms. The molecule has 1 aliphatic rings. The van der Waals surface area contributed by atoms with Gasteiger partial charge in [0.2, 0.25) is 0 Å². The molecule has 0 saturated heterocycles. The predicted octanol–water partition coefficient (Wildman–Crippen LogP) is 4.58. The number of carboxylic acid groups (broad SMARTS) is 1. The fourth-order valence-corrected chi connectivity index (χ4v) is 4.19. The first-order valence-electron chi connectivity index (χ1n) is 6.81. The van der Waals surface area contributed by atoms with E-state index in [1.807, 2.05) is 0 Å². The van der Waals surface area contributed by atoms with Crippen LogP contribution >= 0.6 is 11.8 Å². The van der Waals surface area contributed by atoms with E-state index in [0.29, 0.717) is 16.1 Å². The van der Waals surface area contributed by atoms with Crippen molar-refractivity contribution in [2.45, 2.75) is 49.2 Å². The molecule has 1 fully saturated rings. The summed E-state index contributed by atoms with van der Waals surface area (Å²) in [6.45, 7) is 2.17. The smallest absolute Gasteiger partial charge is 0.335 e. The summed E-state index contributed by atoms with van der Waals surface area (Å²) in [5.74, 6) is -0.695. The standard InChI is InChI=1S/C15H19FO2S/c1-2-10-5-3-4-6-13(10)19-14-9-11(15(17)18)7-8-12(14)16/h7-10,13H,2-6H2,1H3,(H,17,18). The zero-order valence-electron chi connectivity index (χ0n) is 11.1. The molecule has 0 spiro atoms. The Morgan fingerprint density at radius 3 is 2.84 bits per heavy atom. The fourth-order valence-electron chi connectivity index (χ4n) is 2.69. The molecule has 19 heavy (non-hydrogen) atoms. The van der Waals surface area contributed by atoms with Gasteiger partial charge >= 0.3 is 5.97 Å². The van der Waals surface area contributed by atoms with Crippen LogP contribution in [0, 0.1) is 11.7 Å². The van der Waals surface area contributed by atoms with E-state index in [1.165, 1.54) is 49.2 Å². The van der Waals surface area contributed by atoms with Crippen LogP contribution in [0.2, 0.25) is 0 Å². The van der Waals surface area contributed by atoms with Gasteiger partial charge in [0.05, 0.1) is 5.56 Å². The molecular formula is C15H19FO2S. The highest BCUT2D eigenvalue weighted by Crippen LogP contribution is 2.39. The number of benzene rings is 1. The van der Waals surface area contributed by atoms with E-state index in [-0.39, 0.29) is 11.4 Å². The van der Waals surface area contributed by atoms with Gasteiger partial charge in [0.1, 0.15) is 5.82 Å². The molecule has 2 unspecified atom stereocenters. The van der Waals surface area contributed by atoms with Crippen LogP contribution in [-0.4, -0.2) is 16.3 Å². The van der Waals surface area contributed by atoms with Gasteiger partial charge in [-0.05, 0) is 37.0 Å².